The standard InChI is InChI=1S/C21H23N3O5/c1-11-16(20(25)27-3)18(14-9-6-10-15-19(14)24-29-23-15)17(12(2)22-11)21(26)28-13-7-4-5-8-13/h6,9-10,13,16,18H,4-5,7-8H2,1-3H3. The molecule has 1 aromatic heterocycles. The molecule has 4 rings (SSSR count). The third-order valence-electron chi connectivity index (χ3n) is 5.73. The Balaban J connectivity index is 1.85. The second-order valence-electron chi connectivity index (χ2n) is 7.52. The quantitative estimate of drug-likeness (QED) is 0.729. The summed E-state index contributed by atoms with van der Waals surface area (Å²) in [6.45, 7) is 3.52. The highest BCUT2D eigenvalue weighted by molar-refractivity contribution is 6.07. The van der Waals surface area contributed by atoms with Crippen LogP contribution in [0.2, 0.25) is 0 Å². The monoisotopic (exact) mass is 397 g/mol. The van der Waals surface area contributed by atoms with E-state index in [4.69, 9.17) is 14.1 Å². The average Bonchev–Trinajstić information content (AvgIpc) is 3.38. The Labute approximate surface area is 167 Å². The minimum Gasteiger partial charge on any atom is -0.468 e. The Morgan fingerprint density at radius 3 is 2.62 bits per heavy atom. The summed E-state index contributed by atoms with van der Waals surface area (Å²) in [4.78, 5) is 30.4. The zero-order chi connectivity index (χ0) is 20.5. The molecule has 2 aliphatic rings. The van der Waals surface area contributed by atoms with Crippen LogP contribution in [0.1, 0.15) is 51.0 Å². The number of carbonyl (C=O) groups excluding carboxylic acids is 2. The average molecular weight is 397 g/mol. The minimum absolute atomic E-state index is 0.100. The van der Waals surface area contributed by atoms with Crippen LogP contribution in [0.25, 0.3) is 11.0 Å². The van der Waals surface area contributed by atoms with Crippen molar-refractivity contribution in [1.82, 2.24) is 10.3 Å². The first-order chi connectivity index (χ1) is 14.0. The van der Waals surface area contributed by atoms with Crippen molar-refractivity contribution in [3.63, 3.8) is 0 Å². The van der Waals surface area contributed by atoms with Gasteiger partial charge in [0, 0.05) is 17.3 Å². The molecule has 8 heteroatoms. The van der Waals surface area contributed by atoms with Crippen LogP contribution in [0.5, 0.6) is 0 Å². The molecule has 2 atom stereocenters. The highest BCUT2D eigenvalue weighted by Crippen LogP contribution is 2.42. The molecule has 1 aliphatic heterocycles. The second kappa shape index (κ2) is 7.77. The van der Waals surface area contributed by atoms with Crippen molar-refractivity contribution in [2.24, 2.45) is 10.9 Å². The first-order valence-corrected chi connectivity index (χ1v) is 9.77. The predicted octanol–water partition coefficient (Wildman–Crippen LogP) is 3.33. The van der Waals surface area contributed by atoms with E-state index in [1.807, 2.05) is 6.07 Å². The van der Waals surface area contributed by atoms with Gasteiger partial charge in [-0.15, -0.1) is 0 Å². The summed E-state index contributed by atoms with van der Waals surface area (Å²) in [5.74, 6) is -2.33. The van der Waals surface area contributed by atoms with Gasteiger partial charge >= 0.3 is 11.9 Å². The van der Waals surface area contributed by atoms with Crippen LogP contribution in [0.4, 0.5) is 0 Å². The molecule has 152 valence electrons. The molecule has 1 fully saturated rings. The molecule has 0 spiro atoms. The van der Waals surface area contributed by atoms with Gasteiger partial charge in [0.15, 0.2) is 0 Å². The lowest BCUT2D eigenvalue weighted by Gasteiger charge is -2.31. The van der Waals surface area contributed by atoms with Crippen LogP contribution in [0.3, 0.4) is 0 Å². The van der Waals surface area contributed by atoms with Gasteiger partial charge < -0.3 is 9.47 Å². The molecular formula is C21H23N3O5. The Kier molecular flexibility index (Phi) is 5.17. The van der Waals surface area contributed by atoms with Gasteiger partial charge in [0.05, 0.1) is 12.7 Å². The number of aromatic nitrogens is 2. The van der Waals surface area contributed by atoms with Crippen LogP contribution in [0, 0.1) is 5.92 Å². The molecule has 1 aromatic carbocycles. The van der Waals surface area contributed by atoms with Crippen molar-refractivity contribution in [3.05, 3.63) is 35.0 Å². The van der Waals surface area contributed by atoms with Gasteiger partial charge in [0.25, 0.3) is 0 Å². The summed E-state index contributed by atoms with van der Waals surface area (Å²) in [5.41, 5.74) is 3.17. The van der Waals surface area contributed by atoms with Crippen molar-refractivity contribution in [2.45, 2.75) is 51.6 Å². The molecule has 0 radical (unpaired) electrons. The molecule has 2 aromatic rings. The third kappa shape index (κ3) is 3.43. The molecule has 1 aliphatic carbocycles. The number of allylic oxidation sites excluding steroid dienone is 1. The number of hydrogen-bond acceptors (Lipinski definition) is 8. The predicted molar refractivity (Wildman–Crippen MR) is 104 cm³/mol. The zero-order valence-electron chi connectivity index (χ0n) is 16.7. The molecule has 2 heterocycles. The number of esters is 2. The Hall–Kier alpha value is -3.03. The maximum Gasteiger partial charge on any atom is 0.336 e. The number of ether oxygens (including phenoxy) is 2. The van der Waals surface area contributed by atoms with Crippen molar-refractivity contribution in [1.29, 1.82) is 0 Å². The molecule has 1 saturated carbocycles. The van der Waals surface area contributed by atoms with Crippen molar-refractivity contribution < 1.29 is 23.7 Å². The molecule has 29 heavy (non-hydrogen) atoms. The maximum absolute atomic E-state index is 13.2. The van der Waals surface area contributed by atoms with Crippen LogP contribution in [0.15, 0.2) is 39.1 Å². The van der Waals surface area contributed by atoms with E-state index in [9.17, 15) is 9.59 Å². The van der Waals surface area contributed by atoms with Crippen LogP contribution in [-0.2, 0) is 19.1 Å². The fourth-order valence-electron chi connectivity index (χ4n) is 4.37. The van der Waals surface area contributed by atoms with Crippen molar-refractivity contribution in [2.75, 3.05) is 7.11 Å². The number of carbonyl (C=O) groups is 2. The lowest BCUT2D eigenvalue weighted by Crippen LogP contribution is -2.36. The maximum atomic E-state index is 13.2. The van der Waals surface area contributed by atoms with Gasteiger partial charge in [-0.2, -0.15) is 0 Å². The van der Waals surface area contributed by atoms with E-state index in [2.05, 4.69) is 15.3 Å². The number of methoxy groups -OCH3 is 1. The Bertz CT molecular complexity index is 1020. The number of hydrogen-bond donors (Lipinski definition) is 0. The molecule has 0 amide bonds. The first-order valence-electron chi connectivity index (χ1n) is 9.77. The van der Waals surface area contributed by atoms with Crippen LogP contribution < -0.4 is 0 Å². The summed E-state index contributed by atoms with van der Waals surface area (Å²) in [5, 5.41) is 7.90. The summed E-state index contributed by atoms with van der Waals surface area (Å²) < 4.78 is 15.7. The summed E-state index contributed by atoms with van der Waals surface area (Å²) >= 11 is 0. The first kappa shape index (κ1) is 19.3. The third-order valence-corrected chi connectivity index (χ3v) is 5.73. The molecule has 0 bridgehead atoms. The number of nitrogens with zero attached hydrogens (tertiary/aromatic N) is 3. The fraction of sp³-hybridized carbons (Fsp3) is 0.476. The van der Waals surface area contributed by atoms with E-state index >= 15 is 0 Å². The van der Waals surface area contributed by atoms with Crippen LogP contribution in [-0.4, -0.2) is 41.2 Å². The van der Waals surface area contributed by atoms with E-state index in [0.717, 1.165) is 25.7 Å². The SMILES string of the molecule is COC(=O)C1C(C)=NC(C)=C(C(=O)OC2CCCC2)C1c1cccc2nonc12. The van der Waals surface area contributed by atoms with Crippen molar-refractivity contribution in [3.8, 4) is 0 Å². The van der Waals surface area contributed by atoms with Gasteiger partial charge in [0.1, 0.15) is 23.1 Å². The van der Waals surface area contributed by atoms with E-state index in [-0.39, 0.29) is 6.10 Å². The fourth-order valence-corrected chi connectivity index (χ4v) is 4.37. The van der Waals surface area contributed by atoms with E-state index in [0.29, 0.717) is 33.6 Å². The number of aliphatic imine (C=N–C) groups is 1. The van der Waals surface area contributed by atoms with Gasteiger partial charge in [-0.1, -0.05) is 12.1 Å². The van der Waals surface area contributed by atoms with E-state index < -0.39 is 23.8 Å². The normalized spacial score (nSPS) is 22.7. The van der Waals surface area contributed by atoms with Gasteiger partial charge in [-0.25, -0.2) is 9.42 Å². The summed E-state index contributed by atoms with van der Waals surface area (Å²) in [6.07, 6.45) is 3.70. The Morgan fingerprint density at radius 2 is 1.90 bits per heavy atom. The molecule has 2 unspecified atom stereocenters. The molecule has 0 saturated heterocycles. The number of fused-ring (bicyclic) bond motifs is 1. The minimum atomic E-state index is -0.767. The van der Waals surface area contributed by atoms with Gasteiger partial charge in [-0.05, 0) is 61.5 Å². The summed E-state index contributed by atoms with van der Waals surface area (Å²) in [6, 6.07) is 5.38. The van der Waals surface area contributed by atoms with Crippen LogP contribution >= 0.6 is 0 Å². The second-order valence-corrected chi connectivity index (χ2v) is 7.52. The Morgan fingerprint density at radius 1 is 1.14 bits per heavy atom. The molecule has 0 N–H and O–H groups in total. The lowest BCUT2D eigenvalue weighted by molar-refractivity contribution is -0.145. The molecular weight excluding hydrogens is 374 g/mol. The van der Waals surface area contributed by atoms with Gasteiger partial charge in [0.2, 0.25) is 0 Å². The number of benzene rings is 1. The largest absolute Gasteiger partial charge is 0.468 e. The van der Waals surface area contributed by atoms with E-state index in [1.165, 1.54) is 7.11 Å². The zero-order valence-corrected chi connectivity index (χ0v) is 16.7. The van der Waals surface area contributed by atoms with Gasteiger partial charge in [-0.3, -0.25) is 9.79 Å². The summed E-state index contributed by atoms with van der Waals surface area (Å²) in [7, 11) is 1.33. The van der Waals surface area contributed by atoms with E-state index in [1.54, 1.807) is 26.0 Å². The highest BCUT2D eigenvalue weighted by Gasteiger charge is 2.43. The smallest absolute Gasteiger partial charge is 0.336 e. The number of rotatable bonds is 4. The molecule has 8 nitrogen and oxygen atoms in total. The lowest BCUT2D eigenvalue weighted by atomic mass is 9.75. The topological polar surface area (TPSA) is 104 Å². The highest BCUT2D eigenvalue weighted by atomic mass is 16.6. The van der Waals surface area contributed by atoms with Crippen molar-refractivity contribution >= 4 is 28.7 Å².